The third-order valence-corrected chi connectivity index (χ3v) is 6.52. The highest BCUT2D eigenvalue weighted by molar-refractivity contribution is 7.10. The molecule has 1 aromatic carbocycles. The molecule has 0 bridgehead atoms. The molecule has 0 aliphatic carbocycles. The van der Waals surface area contributed by atoms with E-state index in [1.807, 2.05) is 11.3 Å². The van der Waals surface area contributed by atoms with Crippen molar-refractivity contribution in [1.82, 2.24) is 10.2 Å². The normalized spacial score (nSPS) is 17.3. The number of fused-ring (bicyclic) bond motifs is 1. The van der Waals surface area contributed by atoms with Gasteiger partial charge in [0.2, 0.25) is 0 Å². The smallest absolute Gasteiger partial charge is 0.414 e. The number of nitrogens with zero attached hydrogens (tertiary/aromatic N) is 2. The molecule has 3 rings (SSSR count). The van der Waals surface area contributed by atoms with Crippen molar-refractivity contribution < 1.29 is 29.5 Å². The van der Waals surface area contributed by atoms with Gasteiger partial charge in [0.1, 0.15) is 0 Å². The second kappa shape index (κ2) is 12.1. The lowest BCUT2D eigenvalue weighted by molar-refractivity contribution is -0.384. The molecule has 2 heterocycles. The number of nitro benzene ring substituents is 1. The van der Waals surface area contributed by atoms with Crippen LogP contribution in [0.25, 0.3) is 0 Å². The van der Waals surface area contributed by atoms with Crippen molar-refractivity contribution in [1.29, 1.82) is 0 Å². The summed E-state index contributed by atoms with van der Waals surface area (Å²) in [5.41, 5.74) is 1.93. The van der Waals surface area contributed by atoms with Crippen LogP contribution in [0.2, 0.25) is 0 Å². The van der Waals surface area contributed by atoms with E-state index in [4.69, 9.17) is 19.8 Å². The number of carbonyl (C=O) groups is 3. The summed E-state index contributed by atoms with van der Waals surface area (Å²) in [6, 6.07) is 8.93. The van der Waals surface area contributed by atoms with E-state index >= 15 is 0 Å². The molecule has 33 heavy (non-hydrogen) atoms. The van der Waals surface area contributed by atoms with Crippen LogP contribution in [-0.4, -0.2) is 57.0 Å². The average Bonchev–Trinajstić information content (AvgIpc) is 3.24. The van der Waals surface area contributed by atoms with Crippen LogP contribution in [0.3, 0.4) is 0 Å². The Morgan fingerprint density at radius 2 is 1.76 bits per heavy atom. The molecule has 1 aliphatic heterocycles. The fraction of sp³-hybridized carbons (Fsp3) is 0.409. The predicted molar refractivity (Wildman–Crippen MR) is 123 cm³/mol. The fourth-order valence-corrected chi connectivity index (χ4v) is 4.74. The number of rotatable bonds is 7. The minimum atomic E-state index is -1.82. The molecule has 0 spiro atoms. The summed E-state index contributed by atoms with van der Waals surface area (Å²) in [5, 5.41) is 30.5. The predicted octanol–water partition coefficient (Wildman–Crippen LogP) is 3.33. The molecule has 0 saturated carbocycles. The van der Waals surface area contributed by atoms with Crippen molar-refractivity contribution in [3.05, 3.63) is 61.8 Å². The van der Waals surface area contributed by atoms with Gasteiger partial charge in [-0.2, -0.15) is 0 Å². The minimum Gasteiger partial charge on any atom is -0.473 e. The molecule has 10 nitrogen and oxygen atoms in total. The molecular formula is C22H27N3O7S. The molecule has 1 amide bonds. The van der Waals surface area contributed by atoms with Crippen molar-refractivity contribution in [3.8, 4) is 0 Å². The van der Waals surface area contributed by atoms with Gasteiger partial charge < -0.3 is 15.5 Å². The molecule has 2 aromatic rings. The van der Waals surface area contributed by atoms with E-state index in [1.165, 1.54) is 34.7 Å². The highest BCUT2D eigenvalue weighted by Crippen LogP contribution is 2.36. The summed E-state index contributed by atoms with van der Waals surface area (Å²) < 4.78 is 0. The molecule has 1 aliphatic rings. The Kier molecular flexibility index (Phi) is 9.49. The third-order valence-electron chi connectivity index (χ3n) is 5.39. The van der Waals surface area contributed by atoms with Crippen molar-refractivity contribution in [3.63, 3.8) is 0 Å². The maximum absolute atomic E-state index is 12.1. The lowest BCUT2D eigenvalue weighted by atomic mass is 9.96. The van der Waals surface area contributed by atoms with Crippen molar-refractivity contribution in [2.24, 2.45) is 0 Å². The molecule has 11 heteroatoms. The molecular weight excluding hydrogens is 450 g/mol. The number of unbranched alkanes of at least 4 members (excludes halogenated alkanes) is 1. The van der Waals surface area contributed by atoms with Gasteiger partial charge in [-0.25, -0.2) is 9.59 Å². The van der Waals surface area contributed by atoms with Gasteiger partial charge >= 0.3 is 11.9 Å². The van der Waals surface area contributed by atoms with Crippen LogP contribution in [0.4, 0.5) is 5.69 Å². The number of aliphatic carboxylic acids is 2. The number of benzene rings is 1. The van der Waals surface area contributed by atoms with E-state index in [0.717, 1.165) is 25.8 Å². The zero-order chi connectivity index (χ0) is 24.5. The Hall–Kier alpha value is -3.31. The lowest BCUT2D eigenvalue weighted by Crippen LogP contribution is -2.41. The number of non-ortho nitro benzene ring substituents is 1. The average molecular weight is 478 g/mol. The summed E-state index contributed by atoms with van der Waals surface area (Å²) in [6.07, 6.45) is 3.04. The van der Waals surface area contributed by atoms with Gasteiger partial charge in [0.25, 0.3) is 11.6 Å². The van der Waals surface area contributed by atoms with E-state index < -0.39 is 16.9 Å². The number of amides is 1. The molecule has 0 saturated heterocycles. The molecule has 0 unspecified atom stereocenters. The Morgan fingerprint density at radius 1 is 1.12 bits per heavy atom. The number of carbonyl (C=O) groups excluding carboxylic acids is 1. The number of carboxylic acids is 2. The highest BCUT2D eigenvalue weighted by Gasteiger charge is 2.29. The van der Waals surface area contributed by atoms with Gasteiger partial charge in [-0.1, -0.05) is 0 Å². The Bertz CT molecular complexity index is 978. The minimum absolute atomic E-state index is 0.00906. The number of nitro groups is 1. The Morgan fingerprint density at radius 3 is 2.33 bits per heavy atom. The fourth-order valence-electron chi connectivity index (χ4n) is 3.72. The Labute approximate surface area is 195 Å². The lowest BCUT2D eigenvalue weighted by Gasteiger charge is -2.39. The number of nitrogens with one attached hydrogen (secondary N) is 1. The quantitative estimate of drug-likeness (QED) is 0.238. The van der Waals surface area contributed by atoms with Crippen LogP contribution in [0.15, 0.2) is 35.7 Å². The van der Waals surface area contributed by atoms with Crippen LogP contribution in [-0.2, 0) is 16.0 Å². The SMILES string of the molecule is C[C@@H]1Cc2ccsc2[C@H](C)N1CCCCNC(=O)c1ccc([N+](=O)[O-])cc1.O=C(O)C(=O)O. The highest BCUT2D eigenvalue weighted by atomic mass is 32.1. The first kappa shape index (κ1) is 25.9. The van der Waals surface area contributed by atoms with Crippen molar-refractivity contribution in [2.75, 3.05) is 13.1 Å². The topological polar surface area (TPSA) is 150 Å². The number of carboxylic acid groups (broad SMARTS) is 2. The summed E-state index contributed by atoms with van der Waals surface area (Å²) >= 11 is 1.85. The van der Waals surface area contributed by atoms with E-state index in [1.54, 1.807) is 0 Å². The van der Waals surface area contributed by atoms with E-state index in [9.17, 15) is 14.9 Å². The van der Waals surface area contributed by atoms with Crippen LogP contribution in [0.5, 0.6) is 0 Å². The first-order valence-electron chi connectivity index (χ1n) is 10.4. The van der Waals surface area contributed by atoms with E-state index in [0.29, 0.717) is 24.2 Å². The second-order valence-electron chi connectivity index (χ2n) is 7.65. The van der Waals surface area contributed by atoms with Crippen molar-refractivity contribution in [2.45, 2.75) is 45.2 Å². The molecule has 3 N–H and O–H groups in total. The van der Waals surface area contributed by atoms with Crippen molar-refractivity contribution >= 4 is 34.9 Å². The monoisotopic (exact) mass is 477 g/mol. The largest absolute Gasteiger partial charge is 0.473 e. The van der Waals surface area contributed by atoms with Crippen LogP contribution >= 0.6 is 11.3 Å². The maximum atomic E-state index is 12.1. The zero-order valence-electron chi connectivity index (χ0n) is 18.4. The first-order chi connectivity index (χ1) is 15.6. The number of thiophene rings is 1. The van der Waals surface area contributed by atoms with E-state index in [2.05, 4.69) is 35.5 Å². The maximum Gasteiger partial charge on any atom is 0.414 e. The number of hydrogen-bond acceptors (Lipinski definition) is 7. The van der Waals surface area contributed by atoms with Gasteiger partial charge in [-0.15, -0.1) is 11.3 Å². The van der Waals surface area contributed by atoms with E-state index in [-0.39, 0.29) is 11.6 Å². The molecule has 178 valence electrons. The number of hydrogen-bond donors (Lipinski definition) is 3. The summed E-state index contributed by atoms with van der Waals surface area (Å²) in [5.74, 6) is -3.84. The van der Waals surface area contributed by atoms with Gasteiger partial charge in [0, 0.05) is 41.2 Å². The zero-order valence-corrected chi connectivity index (χ0v) is 19.2. The van der Waals surface area contributed by atoms with Crippen LogP contribution < -0.4 is 5.32 Å². The molecule has 1 aromatic heterocycles. The van der Waals surface area contributed by atoms with Gasteiger partial charge in [0.15, 0.2) is 0 Å². The molecule has 2 atom stereocenters. The Balaban J connectivity index is 0.000000569. The van der Waals surface area contributed by atoms with Crippen LogP contribution in [0, 0.1) is 10.1 Å². The van der Waals surface area contributed by atoms with Gasteiger partial charge in [0.05, 0.1) is 4.92 Å². The molecule has 0 radical (unpaired) electrons. The first-order valence-corrected chi connectivity index (χ1v) is 11.3. The summed E-state index contributed by atoms with van der Waals surface area (Å²) in [4.78, 5) is 44.5. The van der Waals surface area contributed by atoms with Crippen LogP contribution in [0.1, 0.15) is 53.5 Å². The third kappa shape index (κ3) is 7.36. The molecule has 0 fully saturated rings. The van der Waals surface area contributed by atoms with Gasteiger partial charge in [-0.3, -0.25) is 19.8 Å². The summed E-state index contributed by atoms with van der Waals surface area (Å²) in [6.45, 7) is 6.19. The standard InChI is InChI=1S/C20H25N3O3S.C2H2O4/c1-14-13-17-9-12-27-19(17)15(2)22(14)11-4-3-10-21-20(24)16-5-7-18(8-6-16)23(25)26;3-1(4)2(5)6/h5-9,12,14-15H,3-4,10-11,13H2,1-2H3,(H,21,24);(H,3,4)(H,5,6)/t14-,15+;/m1./s1. The second-order valence-corrected chi connectivity index (χ2v) is 8.60. The van der Waals surface area contributed by atoms with Gasteiger partial charge in [-0.05, 0) is 68.8 Å². The summed E-state index contributed by atoms with van der Waals surface area (Å²) in [7, 11) is 0.